The Balaban J connectivity index is 1.29. The van der Waals surface area contributed by atoms with Crippen LogP contribution in [0.25, 0.3) is 22.1 Å². The summed E-state index contributed by atoms with van der Waals surface area (Å²) in [5, 5.41) is 5.36. The molecule has 3 heterocycles. The van der Waals surface area contributed by atoms with Crippen molar-refractivity contribution >= 4 is 16.6 Å². The van der Waals surface area contributed by atoms with Gasteiger partial charge in [0.1, 0.15) is 11.9 Å². The summed E-state index contributed by atoms with van der Waals surface area (Å²) in [5.74, 6) is 1.56. The van der Waals surface area contributed by atoms with E-state index in [1.807, 2.05) is 48.5 Å². The molecule has 0 aliphatic carbocycles. The number of oxazole rings is 1. The average Bonchev–Trinajstić information content (AvgIpc) is 3.35. The first-order chi connectivity index (χ1) is 15.2. The van der Waals surface area contributed by atoms with Crippen molar-refractivity contribution in [2.24, 2.45) is 0 Å². The highest BCUT2D eigenvalue weighted by Gasteiger charge is 2.15. The molecule has 2 aromatic carbocycles. The molecule has 5 rings (SSSR count). The molecular formula is C25H23N3O3. The van der Waals surface area contributed by atoms with Gasteiger partial charge in [0.05, 0.1) is 12.6 Å². The van der Waals surface area contributed by atoms with E-state index < -0.39 is 0 Å². The van der Waals surface area contributed by atoms with Gasteiger partial charge in [-0.3, -0.25) is 9.78 Å². The molecule has 0 spiro atoms. The first kappa shape index (κ1) is 19.5. The monoisotopic (exact) mass is 413 g/mol. The molecule has 4 aromatic rings. The number of nitrogens with zero attached hydrogens (tertiary/aromatic N) is 2. The first-order valence-electron chi connectivity index (χ1n) is 10.5. The lowest BCUT2D eigenvalue weighted by atomic mass is 10.0. The van der Waals surface area contributed by atoms with E-state index in [1.54, 1.807) is 12.4 Å². The van der Waals surface area contributed by atoms with Crippen LogP contribution in [0.3, 0.4) is 0 Å². The Morgan fingerprint density at radius 3 is 2.65 bits per heavy atom. The van der Waals surface area contributed by atoms with Gasteiger partial charge in [-0.1, -0.05) is 12.1 Å². The highest BCUT2D eigenvalue weighted by atomic mass is 16.5. The maximum absolute atomic E-state index is 12.8. The summed E-state index contributed by atoms with van der Waals surface area (Å²) in [6.07, 6.45) is 7.41. The molecule has 0 unspecified atom stereocenters. The Hall–Kier alpha value is -3.51. The van der Waals surface area contributed by atoms with E-state index >= 15 is 0 Å². The third-order valence-electron chi connectivity index (χ3n) is 5.60. The van der Waals surface area contributed by atoms with E-state index in [0.29, 0.717) is 11.3 Å². The van der Waals surface area contributed by atoms with Gasteiger partial charge in [-0.15, -0.1) is 0 Å². The van der Waals surface area contributed by atoms with Crippen LogP contribution in [0, 0.1) is 0 Å². The van der Waals surface area contributed by atoms with Crippen LogP contribution >= 0.6 is 0 Å². The average molecular weight is 413 g/mol. The van der Waals surface area contributed by atoms with Crippen LogP contribution in [-0.4, -0.2) is 34.9 Å². The van der Waals surface area contributed by atoms with Gasteiger partial charge < -0.3 is 14.5 Å². The van der Waals surface area contributed by atoms with Gasteiger partial charge in [0.2, 0.25) is 0 Å². The smallest absolute Gasteiger partial charge is 0.181 e. The quantitative estimate of drug-likeness (QED) is 0.471. The predicted molar refractivity (Wildman–Crippen MR) is 118 cm³/mol. The van der Waals surface area contributed by atoms with Gasteiger partial charge in [-0.25, -0.2) is 4.98 Å². The number of benzene rings is 2. The molecule has 1 aliphatic rings. The second-order valence-electron chi connectivity index (χ2n) is 7.79. The summed E-state index contributed by atoms with van der Waals surface area (Å²) >= 11 is 0. The minimum absolute atomic E-state index is 0.0339. The third-order valence-corrected chi connectivity index (χ3v) is 5.60. The number of ketones is 1. The Kier molecular flexibility index (Phi) is 5.46. The minimum Gasteiger partial charge on any atom is -0.490 e. The van der Waals surface area contributed by atoms with E-state index in [0.717, 1.165) is 53.7 Å². The van der Waals surface area contributed by atoms with Crippen LogP contribution in [0.15, 0.2) is 71.7 Å². The molecule has 0 saturated carbocycles. The number of hydrogen-bond donors (Lipinski definition) is 1. The molecule has 0 atom stereocenters. The zero-order valence-electron chi connectivity index (χ0n) is 17.1. The summed E-state index contributed by atoms with van der Waals surface area (Å²) in [5.41, 5.74) is 2.34. The number of piperidine rings is 1. The van der Waals surface area contributed by atoms with Gasteiger partial charge >= 0.3 is 0 Å². The van der Waals surface area contributed by atoms with Crippen molar-refractivity contribution < 1.29 is 13.9 Å². The van der Waals surface area contributed by atoms with Crippen LogP contribution in [0.5, 0.6) is 5.75 Å². The fourth-order valence-corrected chi connectivity index (χ4v) is 3.89. The summed E-state index contributed by atoms with van der Waals surface area (Å²) in [4.78, 5) is 21.2. The zero-order valence-corrected chi connectivity index (χ0v) is 17.1. The number of pyridine rings is 1. The van der Waals surface area contributed by atoms with Crippen LogP contribution in [-0.2, 0) is 6.42 Å². The lowest BCUT2D eigenvalue weighted by Gasteiger charge is -2.23. The number of hydrogen-bond acceptors (Lipinski definition) is 6. The van der Waals surface area contributed by atoms with Gasteiger partial charge in [0.15, 0.2) is 17.9 Å². The van der Waals surface area contributed by atoms with Gasteiger partial charge in [0.25, 0.3) is 0 Å². The molecule has 0 radical (unpaired) electrons. The number of carbonyl (C=O) groups is 1. The van der Waals surface area contributed by atoms with Crippen LogP contribution < -0.4 is 10.1 Å². The lowest BCUT2D eigenvalue weighted by Crippen LogP contribution is -2.34. The Bertz CT molecular complexity index is 1180. The van der Waals surface area contributed by atoms with Crippen molar-refractivity contribution in [3.8, 4) is 17.1 Å². The highest BCUT2D eigenvalue weighted by Crippen LogP contribution is 2.25. The van der Waals surface area contributed by atoms with Gasteiger partial charge in [0, 0.05) is 28.4 Å². The Morgan fingerprint density at radius 1 is 1.03 bits per heavy atom. The van der Waals surface area contributed by atoms with Crippen molar-refractivity contribution in [3.05, 3.63) is 78.6 Å². The number of nitrogens with one attached hydrogen (secondary N) is 1. The van der Waals surface area contributed by atoms with Crippen molar-refractivity contribution in [2.45, 2.75) is 25.4 Å². The largest absolute Gasteiger partial charge is 0.490 e. The maximum atomic E-state index is 12.8. The number of Topliss-reactive ketones (excluding diaryl/α,β-unsaturated/α-hetero) is 1. The zero-order chi connectivity index (χ0) is 21.0. The summed E-state index contributed by atoms with van der Waals surface area (Å²) in [6, 6.07) is 15.4. The molecule has 1 saturated heterocycles. The molecule has 0 bridgehead atoms. The fourth-order valence-electron chi connectivity index (χ4n) is 3.89. The molecule has 156 valence electrons. The number of aromatic nitrogens is 2. The number of ether oxygens (including phenoxy) is 1. The molecule has 6 nitrogen and oxygen atoms in total. The van der Waals surface area contributed by atoms with E-state index in [1.165, 1.54) is 6.39 Å². The molecule has 1 aliphatic heterocycles. The van der Waals surface area contributed by atoms with Crippen molar-refractivity contribution in [2.75, 3.05) is 13.1 Å². The number of rotatable bonds is 6. The van der Waals surface area contributed by atoms with Crippen LogP contribution in [0.1, 0.15) is 28.9 Å². The van der Waals surface area contributed by atoms with Gasteiger partial charge in [-0.2, -0.15) is 0 Å². The normalized spacial score (nSPS) is 14.6. The van der Waals surface area contributed by atoms with Crippen LogP contribution in [0.4, 0.5) is 0 Å². The van der Waals surface area contributed by atoms with E-state index in [4.69, 9.17) is 9.15 Å². The topological polar surface area (TPSA) is 77.2 Å². The standard InChI is InChI=1S/C25H23N3O3/c29-24(17-3-5-22(6-4-17)31-23-7-9-26-10-8-23)13-21-12-20-11-18(25-15-27-16-30-25)1-2-19(20)14-28-21/h1-6,11-12,14-16,23,26H,7-10,13H2. The van der Waals surface area contributed by atoms with E-state index in [-0.39, 0.29) is 18.3 Å². The molecule has 2 aromatic heterocycles. The summed E-state index contributed by atoms with van der Waals surface area (Å²) < 4.78 is 11.4. The predicted octanol–water partition coefficient (Wildman–Crippen LogP) is 4.45. The number of carbonyl (C=O) groups excluding carboxylic acids is 1. The fraction of sp³-hybridized carbons (Fsp3) is 0.240. The van der Waals surface area contributed by atoms with Crippen molar-refractivity contribution in [3.63, 3.8) is 0 Å². The Morgan fingerprint density at radius 2 is 1.87 bits per heavy atom. The molecule has 31 heavy (non-hydrogen) atoms. The second kappa shape index (κ2) is 8.70. The SMILES string of the molecule is O=C(Cc1cc2cc(-c3cnco3)ccc2cn1)c1ccc(OC2CCNCC2)cc1. The molecule has 1 N–H and O–H groups in total. The van der Waals surface area contributed by atoms with Gasteiger partial charge in [-0.05, 0) is 67.7 Å². The highest BCUT2D eigenvalue weighted by molar-refractivity contribution is 5.98. The molecule has 0 amide bonds. The van der Waals surface area contributed by atoms with E-state index in [9.17, 15) is 4.79 Å². The summed E-state index contributed by atoms with van der Waals surface area (Å²) in [7, 11) is 0. The number of fused-ring (bicyclic) bond motifs is 1. The first-order valence-corrected chi connectivity index (χ1v) is 10.5. The minimum atomic E-state index is 0.0339. The van der Waals surface area contributed by atoms with E-state index in [2.05, 4.69) is 15.3 Å². The van der Waals surface area contributed by atoms with Crippen LogP contribution in [0.2, 0.25) is 0 Å². The third kappa shape index (κ3) is 4.49. The maximum Gasteiger partial charge on any atom is 0.181 e. The Labute approximate surface area is 180 Å². The molecular weight excluding hydrogens is 390 g/mol. The van der Waals surface area contributed by atoms with Crippen molar-refractivity contribution in [1.82, 2.24) is 15.3 Å². The summed E-state index contributed by atoms with van der Waals surface area (Å²) in [6.45, 7) is 1.97. The van der Waals surface area contributed by atoms with Crippen molar-refractivity contribution in [1.29, 1.82) is 0 Å². The second-order valence-corrected chi connectivity index (χ2v) is 7.79. The molecule has 6 heteroatoms. The molecule has 1 fully saturated rings. The lowest BCUT2D eigenvalue weighted by molar-refractivity contribution is 0.0992.